The average molecular weight is 553 g/mol. The van der Waals surface area contributed by atoms with Gasteiger partial charge in [0.25, 0.3) is 0 Å². The predicted octanol–water partition coefficient (Wildman–Crippen LogP) is 11.2. The highest BCUT2D eigenvalue weighted by atomic mass is 16.3. The van der Waals surface area contributed by atoms with Crippen LogP contribution in [-0.4, -0.2) is 4.98 Å². The van der Waals surface area contributed by atoms with E-state index in [-0.39, 0.29) is 0 Å². The van der Waals surface area contributed by atoms with E-state index >= 15 is 0 Å². The van der Waals surface area contributed by atoms with E-state index < -0.39 is 0 Å². The van der Waals surface area contributed by atoms with Crippen LogP contribution >= 0.6 is 0 Å². The van der Waals surface area contributed by atoms with Gasteiger partial charge in [0.2, 0.25) is 0 Å². The van der Waals surface area contributed by atoms with Crippen LogP contribution in [0.4, 0.5) is 17.1 Å². The molecule has 4 nitrogen and oxygen atoms in total. The Balaban J connectivity index is 1.24. The van der Waals surface area contributed by atoms with E-state index in [0.29, 0.717) is 0 Å². The van der Waals surface area contributed by atoms with Crippen LogP contribution in [0.2, 0.25) is 0 Å². The van der Waals surface area contributed by atoms with Crippen molar-refractivity contribution < 1.29 is 8.83 Å². The number of anilines is 3. The third-order valence-corrected chi connectivity index (χ3v) is 8.30. The first kappa shape index (κ1) is 23.8. The number of rotatable bonds is 4. The lowest BCUT2D eigenvalue weighted by Gasteiger charge is -2.25. The van der Waals surface area contributed by atoms with E-state index in [1.54, 1.807) is 0 Å². The molecule has 0 saturated carbocycles. The summed E-state index contributed by atoms with van der Waals surface area (Å²) in [5.41, 5.74) is 9.49. The van der Waals surface area contributed by atoms with Gasteiger partial charge < -0.3 is 13.7 Å². The van der Waals surface area contributed by atoms with Crippen molar-refractivity contribution in [3.63, 3.8) is 0 Å². The monoisotopic (exact) mass is 552 g/mol. The second-order valence-corrected chi connectivity index (χ2v) is 10.8. The predicted molar refractivity (Wildman–Crippen MR) is 176 cm³/mol. The fraction of sp³-hybridized carbons (Fsp3) is 0. The molecule has 0 atom stereocenters. The van der Waals surface area contributed by atoms with Gasteiger partial charge in [-0.15, -0.1) is 0 Å². The summed E-state index contributed by atoms with van der Waals surface area (Å²) in [7, 11) is 0. The van der Waals surface area contributed by atoms with E-state index in [4.69, 9.17) is 13.8 Å². The number of hydrogen-bond acceptors (Lipinski definition) is 4. The maximum atomic E-state index is 6.41. The van der Waals surface area contributed by atoms with Crippen molar-refractivity contribution in [3.8, 4) is 11.1 Å². The fourth-order valence-electron chi connectivity index (χ4n) is 6.26. The zero-order chi connectivity index (χ0) is 28.3. The van der Waals surface area contributed by atoms with Gasteiger partial charge in [0, 0.05) is 28.2 Å². The van der Waals surface area contributed by atoms with E-state index in [2.05, 4.69) is 114 Å². The molecule has 9 aromatic rings. The van der Waals surface area contributed by atoms with E-state index in [0.717, 1.165) is 66.5 Å². The number of fused-ring (bicyclic) bond motifs is 8. The van der Waals surface area contributed by atoms with Gasteiger partial charge in [0.05, 0.1) is 17.3 Å². The van der Waals surface area contributed by atoms with Gasteiger partial charge in [-0.3, -0.25) is 0 Å². The summed E-state index contributed by atoms with van der Waals surface area (Å²) in [6, 6.07) is 48.2. The fourth-order valence-corrected chi connectivity index (χ4v) is 6.26. The minimum Gasteiger partial charge on any atom is -0.456 e. The lowest BCUT2D eigenvalue weighted by Crippen LogP contribution is -2.10. The lowest BCUT2D eigenvalue weighted by atomic mass is 10.0. The number of aromatic nitrogens is 1. The van der Waals surface area contributed by atoms with Gasteiger partial charge in [-0.1, -0.05) is 91.0 Å². The van der Waals surface area contributed by atoms with Crippen molar-refractivity contribution in [2.24, 2.45) is 0 Å². The molecule has 43 heavy (non-hydrogen) atoms. The largest absolute Gasteiger partial charge is 0.456 e. The molecular weight excluding hydrogens is 528 g/mol. The second-order valence-electron chi connectivity index (χ2n) is 10.8. The van der Waals surface area contributed by atoms with Crippen LogP contribution in [0.5, 0.6) is 0 Å². The van der Waals surface area contributed by atoms with Crippen LogP contribution in [0.25, 0.3) is 65.9 Å². The van der Waals surface area contributed by atoms with E-state index in [9.17, 15) is 0 Å². The summed E-state index contributed by atoms with van der Waals surface area (Å²) in [4.78, 5) is 7.23. The van der Waals surface area contributed by atoms with Crippen molar-refractivity contribution in [1.29, 1.82) is 0 Å². The maximum absolute atomic E-state index is 6.41. The molecule has 0 bridgehead atoms. The van der Waals surface area contributed by atoms with Crippen molar-refractivity contribution in [2.75, 3.05) is 4.90 Å². The second kappa shape index (κ2) is 9.33. The Morgan fingerprint density at radius 2 is 1.12 bits per heavy atom. The molecule has 0 fully saturated rings. The van der Waals surface area contributed by atoms with Gasteiger partial charge in [-0.05, 0) is 64.4 Å². The van der Waals surface area contributed by atoms with Gasteiger partial charge in [0.15, 0.2) is 5.58 Å². The van der Waals surface area contributed by atoms with Crippen LogP contribution < -0.4 is 4.90 Å². The molecule has 0 N–H and O–H groups in total. The standard InChI is InChI=1S/C39H24N2O2/c1-2-8-25(9-3-1)26-14-17-28(18-15-26)41(29-19-21-35-33(22-29)32-12-6-7-13-34(32)42-35)30-23-37-39(40-24-30)38-31-11-5-4-10-27(31)16-20-36(38)43-37/h1-24H. The van der Waals surface area contributed by atoms with Crippen LogP contribution in [0, 0.1) is 0 Å². The summed E-state index contributed by atoms with van der Waals surface area (Å²) < 4.78 is 12.6. The Labute approximate surface area is 247 Å². The summed E-state index contributed by atoms with van der Waals surface area (Å²) in [6.45, 7) is 0. The molecular formula is C39H24N2O2. The van der Waals surface area contributed by atoms with Crippen molar-refractivity contribution >= 4 is 71.8 Å². The molecule has 6 aromatic carbocycles. The molecule has 0 spiro atoms. The first-order chi connectivity index (χ1) is 21.3. The number of para-hydroxylation sites is 1. The summed E-state index contributed by atoms with van der Waals surface area (Å²) >= 11 is 0. The topological polar surface area (TPSA) is 42.4 Å². The maximum Gasteiger partial charge on any atom is 0.155 e. The van der Waals surface area contributed by atoms with Crippen molar-refractivity contribution in [1.82, 2.24) is 4.98 Å². The molecule has 0 aliphatic carbocycles. The highest BCUT2D eigenvalue weighted by molar-refractivity contribution is 6.17. The normalized spacial score (nSPS) is 11.7. The summed E-state index contributed by atoms with van der Waals surface area (Å²) in [5, 5.41) is 5.53. The molecule has 0 unspecified atom stereocenters. The number of furan rings is 2. The third kappa shape index (κ3) is 3.81. The smallest absolute Gasteiger partial charge is 0.155 e. The lowest BCUT2D eigenvalue weighted by molar-refractivity contribution is 0.668. The number of hydrogen-bond donors (Lipinski definition) is 0. The van der Waals surface area contributed by atoms with Crippen LogP contribution in [0.3, 0.4) is 0 Å². The summed E-state index contributed by atoms with van der Waals surface area (Å²) in [6.07, 6.45) is 1.95. The molecule has 0 saturated heterocycles. The number of benzene rings is 6. The van der Waals surface area contributed by atoms with Crippen LogP contribution in [0.1, 0.15) is 0 Å². The first-order valence-corrected chi connectivity index (χ1v) is 14.4. The van der Waals surface area contributed by atoms with Crippen LogP contribution in [-0.2, 0) is 0 Å². The highest BCUT2D eigenvalue weighted by Crippen LogP contribution is 2.41. The first-order valence-electron chi connectivity index (χ1n) is 14.4. The zero-order valence-electron chi connectivity index (χ0n) is 23.1. The molecule has 202 valence electrons. The SMILES string of the molecule is c1ccc(-c2ccc(N(c3cnc4c(c3)oc3ccc5ccccc5c34)c3ccc4oc5ccccc5c4c3)cc2)cc1. The molecule has 0 aliphatic heterocycles. The minimum atomic E-state index is 0.754. The van der Waals surface area contributed by atoms with Crippen LogP contribution in [0.15, 0.2) is 155 Å². The van der Waals surface area contributed by atoms with Gasteiger partial charge in [-0.2, -0.15) is 0 Å². The van der Waals surface area contributed by atoms with E-state index in [1.807, 2.05) is 36.5 Å². The Hall–Kier alpha value is -5.87. The molecule has 9 rings (SSSR count). The van der Waals surface area contributed by atoms with Crippen molar-refractivity contribution in [2.45, 2.75) is 0 Å². The molecule has 0 radical (unpaired) electrons. The van der Waals surface area contributed by atoms with Gasteiger partial charge in [0.1, 0.15) is 22.3 Å². The third-order valence-electron chi connectivity index (χ3n) is 8.30. The summed E-state index contributed by atoms with van der Waals surface area (Å²) in [5.74, 6) is 0. The Morgan fingerprint density at radius 3 is 2.00 bits per heavy atom. The molecule has 3 heterocycles. The molecule has 0 amide bonds. The number of pyridine rings is 1. The highest BCUT2D eigenvalue weighted by Gasteiger charge is 2.19. The molecule has 4 heteroatoms. The molecule has 3 aromatic heterocycles. The quantitative estimate of drug-likeness (QED) is 0.218. The van der Waals surface area contributed by atoms with Crippen molar-refractivity contribution in [3.05, 3.63) is 146 Å². The van der Waals surface area contributed by atoms with Gasteiger partial charge >= 0.3 is 0 Å². The van der Waals surface area contributed by atoms with E-state index in [1.165, 1.54) is 16.5 Å². The molecule has 0 aliphatic rings. The Bertz CT molecular complexity index is 2450. The Morgan fingerprint density at radius 1 is 0.442 bits per heavy atom. The zero-order valence-corrected chi connectivity index (χ0v) is 23.1. The minimum absolute atomic E-state index is 0.754. The Kier molecular flexibility index (Phi) is 5.16. The van der Waals surface area contributed by atoms with Gasteiger partial charge in [-0.25, -0.2) is 4.98 Å². The number of nitrogens with zero attached hydrogens (tertiary/aromatic N) is 2. The average Bonchev–Trinajstić information content (AvgIpc) is 3.64.